The van der Waals surface area contributed by atoms with Crippen molar-refractivity contribution in [3.05, 3.63) is 27.7 Å². The van der Waals surface area contributed by atoms with E-state index < -0.39 is 0 Å². The van der Waals surface area contributed by atoms with Crippen molar-refractivity contribution in [2.45, 2.75) is 13.8 Å². The molecule has 0 atom stereocenters. The van der Waals surface area contributed by atoms with Crippen LogP contribution in [-0.4, -0.2) is 20.7 Å². The molecule has 3 rings (SSSR count). The molecule has 7 heteroatoms. The summed E-state index contributed by atoms with van der Waals surface area (Å²) in [6.45, 7) is 3.85. The van der Waals surface area contributed by atoms with E-state index in [1.54, 1.807) is 4.68 Å². The highest BCUT2D eigenvalue weighted by molar-refractivity contribution is 7.20. The summed E-state index contributed by atoms with van der Waals surface area (Å²) in [6.07, 6.45) is 0. The summed E-state index contributed by atoms with van der Waals surface area (Å²) in [5.74, 6) is -0.116. The van der Waals surface area contributed by atoms with Crippen LogP contribution in [-0.2, 0) is 7.05 Å². The van der Waals surface area contributed by atoms with E-state index in [1.807, 2.05) is 32.3 Å². The van der Waals surface area contributed by atoms with Crippen molar-refractivity contribution in [3.63, 3.8) is 0 Å². The quantitative estimate of drug-likeness (QED) is 0.790. The highest BCUT2D eigenvalue weighted by atomic mass is 32.1. The van der Waals surface area contributed by atoms with E-state index >= 15 is 0 Å². The van der Waals surface area contributed by atoms with E-state index in [0.717, 1.165) is 21.6 Å². The summed E-state index contributed by atoms with van der Waals surface area (Å²) < 4.78 is 1.81. The summed E-state index contributed by atoms with van der Waals surface area (Å²) >= 11 is 2.88. The molecule has 19 heavy (non-hydrogen) atoms. The van der Waals surface area contributed by atoms with Gasteiger partial charge in [-0.3, -0.25) is 14.8 Å². The molecule has 0 saturated heterocycles. The Labute approximate surface area is 117 Å². The fourth-order valence-electron chi connectivity index (χ4n) is 1.89. The SMILES string of the molecule is Cc1csc(NC(=O)c2cc3c(C)nn(C)c3s2)n1. The largest absolute Gasteiger partial charge is 0.297 e. The van der Waals surface area contributed by atoms with E-state index in [4.69, 9.17) is 0 Å². The molecule has 5 nitrogen and oxygen atoms in total. The van der Waals surface area contributed by atoms with Gasteiger partial charge in [0.05, 0.1) is 16.3 Å². The molecule has 0 aliphatic heterocycles. The van der Waals surface area contributed by atoms with Gasteiger partial charge in [-0.2, -0.15) is 5.10 Å². The van der Waals surface area contributed by atoms with Crippen molar-refractivity contribution in [1.29, 1.82) is 0 Å². The minimum atomic E-state index is -0.116. The van der Waals surface area contributed by atoms with Crippen LogP contribution in [0.5, 0.6) is 0 Å². The maximum atomic E-state index is 12.1. The Morgan fingerprint density at radius 2 is 2.21 bits per heavy atom. The van der Waals surface area contributed by atoms with Crippen molar-refractivity contribution in [2.75, 3.05) is 5.32 Å². The van der Waals surface area contributed by atoms with Crippen LogP contribution in [0.2, 0.25) is 0 Å². The monoisotopic (exact) mass is 292 g/mol. The molecule has 3 aromatic rings. The van der Waals surface area contributed by atoms with E-state index in [1.165, 1.54) is 22.7 Å². The van der Waals surface area contributed by atoms with Crippen molar-refractivity contribution < 1.29 is 4.79 Å². The van der Waals surface area contributed by atoms with E-state index in [0.29, 0.717) is 10.0 Å². The molecule has 0 bridgehead atoms. The van der Waals surface area contributed by atoms with Gasteiger partial charge >= 0.3 is 0 Å². The van der Waals surface area contributed by atoms with Gasteiger partial charge in [0.1, 0.15) is 4.83 Å². The highest BCUT2D eigenvalue weighted by Gasteiger charge is 2.15. The first-order valence-corrected chi connectivity index (χ1v) is 7.41. The summed E-state index contributed by atoms with van der Waals surface area (Å²) in [4.78, 5) is 18.1. The van der Waals surface area contributed by atoms with Crippen LogP contribution in [0.3, 0.4) is 0 Å². The molecule has 1 N–H and O–H groups in total. The van der Waals surface area contributed by atoms with Gasteiger partial charge in [0.2, 0.25) is 0 Å². The molecule has 0 saturated carbocycles. The first-order valence-electron chi connectivity index (χ1n) is 5.71. The lowest BCUT2D eigenvalue weighted by Crippen LogP contribution is -2.09. The van der Waals surface area contributed by atoms with E-state index in [-0.39, 0.29) is 5.91 Å². The Bertz CT molecular complexity index is 733. The molecule has 0 aromatic carbocycles. The van der Waals surface area contributed by atoms with Gasteiger partial charge in [-0.1, -0.05) is 0 Å². The van der Waals surface area contributed by atoms with Gasteiger partial charge in [-0.25, -0.2) is 4.98 Å². The van der Waals surface area contributed by atoms with Crippen LogP contribution in [0.4, 0.5) is 5.13 Å². The number of carbonyl (C=O) groups is 1. The summed E-state index contributed by atoms with van der Waals surface area (Å²) in [5.41, 5.74) is 1.86. The Hall–Kier alpha value is -1.73. The number of aryl methyl sites for hydroxylation is 3. The number of thiophene rings is 1. The maximum absolute atomic E-state index is 12.1. The molecule has 0 aliphatic carbocycles. The smallest absolute Gasteiger partial charge is 0.267 e. The molecule has 0 aliphatic rings. The third-order valence-corrected chi connectivity index (χ3v) is 4.84. The number of nitrogens with zero attached hydrogens (tertiary/aromatic N) is 3. The predicted octanol–water partition coefficient (Wildman–Crippen LogP) is 2.96. The second-order valence-electron chi connectivity index (χ2n) is 4.29. The first kappa shape index (κ1) is 12.3. The number of hydrogen-bond acceptors (Lipinski definition) is 5. The number of nitrogens with one attached hydrogen (secondary N) is 1. The summed E-state index contributed by atoms with van der Waals surface area (Å²) in [5, 5.41) is 10.7. The van der Waals surface area contributed by atoms with Crippen LogP contribution in [0.1, 0.15) is 21.1 Å². The molecule has 0 spiro atoms. The molecule has 98 valence electrons. The van der Waals surface area contributed by atoms with Crippen molar-refractivity contribution in [2.24, 2.45) is 7.05 Å². The molecule has 3 aromatic heterocycles. The Morgan fingerprint density at radius 1 is 1.42 bits per heavy atom. The van der Waals surface area contributed by atoms with E-state index in [2.05, 4.69) is 15.4 Å². The number of thiazole rings is 1. The average Bonchev–Trinajstić information content (AvgIpc) is 3.00. The van der Waals surface area contributed by atoms with Gasteiger partial charge in [-0.15, -0.1) is 22.7 Å². The standard InChI is InChI=1S/C12H12N4OS2/c1-6-5-18-12(13-6)14-10(17)9-4-8-7(2)15-16(3)11(8)19-9/h4-5H,1-3H3,(H,13,14,17). The second-order valence-corrected chi connectivity index (χ2v) is 6.18. The summed E-state index contributed by atoms with van der Waals surface area (Å²) in [7, 11) is 1.89. The fourth-order valence-corrected chi connectivity index (χ4v) is 3.59. The highest BCUT2D eigenvalue weighted by Crippen LogP contribution is 2.28. The van der Waals surface area contributed by atoms with Gasteiger partial charge in [0.25, 0.3) is 5.91 Å². The van der Waals surface area contributed by atoms with Crippen LogP contribution in [0, 0.1) is 13.8 Å². The number of anilines is 1. The lowest BCUT2D eigenvalue weighted by Gasteiger charge is -1.97. The van der Waals surface area contributed by atoms with E-state index in [9.17, 15) is 4.79 Å². The molecule has 0 radical (unpaired) electrons. The van der Waals surface area contributed by atoms with Gasteiger partial charge in [0, 0.05) is 17.8 Å². The molecule has 1 amide bonds. The minimum Gasteiger partial charge on any atom is -0.297 e. The lowest BCUT2D eigenvalue weighted by molar-refractivity contribution is 0.103. The van der Waals surface area contributed by atoms with Crippen LogP contribution >= 0.6 is 22.7 Å². The first-order chi connectivity index (χ1) is 9.04. The number of aromatic nitrogens is 3. The lowest BCUT2D eigenvalue weighted by atomic mass is 10.3. The van der Waals surface area contributed by atoms with Gasteiger partial charge in [0.15, 0.2) is 5.13 Å². The molecule has 0 fully saturated rings. The third-order valence-electron chi connectivity index (χ3n) is 2.76. The molecule has 3 heterocycles. The zero-order valence-corrected chi connectivity index (χ0v) is 12.4. The number of fused-ring (bicyclic) bond motifs is 1. The van der Waals surface area contributed by atoms with Crippen molar-refractivity contribution in [1.82, 2.24) is 14.8 Å². The zero-order chi connectivity index (χ0) is 13.6. The number of rotatable bonds is 2. The number of hydrogen-bond donors (Lipinski definition) is 1. The Kier molecular flexibility index (Phi) is 2.87. The minimum absolute atomic E-state index is 0.116. The maximum Gasteiger partial charge on any atom is 0.267 e. The van der Waals surface area contributed by atoms with Crippen molar-refractivity contribution >= 4 is 43.9 Å². The van der Waals surface area contributed by atoms with Gasteiger partial charge < -0.3 is 0 Å². The number of carbonyl (C=O) groups excluding carboxylic acids is 1. The average molecular weight is 292 g/mol. The Morgan fingerprint density at radius 3 is 2.84 bits per heavy atom. The topological polar surface area (TPSA) is 59.8 Å². The summed E-state index contributed by atoms with van der Waals surface area (Å²) in [6, 6.07) is 1.89. The molecular weight excluding hydrogens is 280 g/mol. The second kappa shape index (κ2) is 4.43. The van der Waals surface area contributed by atoms with Crippen molar-refractivity contribution in [3.8, 4) is 0 Å². The van der Waals surface area contributed by atoms with Crippen LogP contribution < -0.4 is 5.32 Å². The third kappa shape index (κ3) is 2.15. The zero-order valence-electron chi connectivity index (χ0n) is 10.7. The normalized spacial score (nSPS) is 11.1. The molecular formula is C12H12N4OS2. The van der Waals surface area contributed by atoms with Gasteiger partial charge in [-0.05, 0) is 19.9 Å². The fraction of sp³-hybridized carbons (Fsp3) is 0.250. The molecule has 0 unspecified atom stereocenters. The Balaban J connectivity index is 1.91. The number of amides is 1. The van der Waals surface area contributed by atoms with Crippen LogP contribution in [0.25, 0.3) is 10.2 Å². The predicted molar refractivity (Wildman–Crippen MR) is 78.1 cm³/mol. The van der Waals surface area contributed by atoms with Crippen LogP contribution in [0.15, 0.2) is 11.4 Å².